The zero-order valence-corrected chi connectivity index (χ0v) is 36.1. The zero-order valence-electron chi connectivity index (χ0n) is 32.8. The van der Waals surface area contributed by atoms with Gasteiger partial charge in [-0.3, -0.25) is 19.2 Å². The maximum absolute atomic E-state index is 13.4. The summed E-state index contributed by atoms with van der Waals surface area (Å²) in [6.45, 7) is 0.316. The molecule has 0 fully saturated rings. The molecular formula is C45H36FN7O5S4. The van der Waals surface area contributed by atoms with Crippen molar-refractivity contribution in [3.63, 3.8) is 0 Å². The van der Waals surface area contributed by atoms with Gasteiger partial charge in [0.05, 0.1) is 16.7 Å². The SMILES string of the molecule is O=C1Cc2ccc(Nc3ncnc4sc5c(c34)CCC(C(=O)NCc3cccc(F)c3)C5)cc2S1.O=C1Cc2ccc(Nc3ncnc4sc5c(c34)CCC(C(=O)O)C5)cc2S1. The van der Waals surface area contributed by atoms with Gasteiger partial charge in [0, 0.05) is 56.2 Å². The van der Waals surface area contributed by atoms with E-state index in [4.69, 9.17) is 0 Å². The van der Waals surface area contributed by atoms with Crippen molar-refractivity contribution >= 4 is 112 Å². The molecule has 0 spiro atoms. The van der Waals surface area contributed by atoms with Crippen molar-refractivity contribution in [2.75, 3.05) is 10.6 Å². The number of carboxylic acid groups (broad SMARTS) is 1. The quantitative estimate of drug-likeness (QED) is 0.114. The number of thioether (sulfide) groups is 2. The first-order valence-corrected chi connectivity index (χ1v) is 23.3. The van der Waals surface area contributed by atoms with E-state index < -0.39 is 5.97 Å². The number of carboxylic acids is 1. The van der Waals surface area contributed by atoms with Crippen molar-refractivity contribution in [2.24, 2.45) is 11.8 Å². The topological polar surface area (TPSA) is 176 Å². The van der Waals surface area contributed by atoms with Crippen LogP contribution in [0.5, 0.6) is 0 Å². The molecule has 0 bridgehead atoms. The highest BCUT2D eigenvalue weighted by molar-refractivity contribution is 8.14. The number of hydrogen-bond acceptors (Lipinski definition) is 14. The number of thiophene rings is 2. The van der Waals surface area contributed by atoms with Gasteiger partial charge in [-0.15, -0.1) is 22.7 Å². The minimum absolute atomic E-state index is 0.00742. The molecule has 7 aromatic rings. The van der Waals surface area contributed by atoms with Gasteiger partial charge in [0.1, 0.15) is 39.8 Å². The fourth-order valence-electron chi connectivity index (χ4n) is 8.47. The lowest BCUT2D eigenvalue weighted by Gasteiger charge is -2.22. The Labute approximate surface area is 370 Å². The molecule has 0 radical (unpaired) electrons. The average molecular weight is 902 g/mol. The van der Waals surface area contributed by atoms with Gasteiger partial charge < -0.3 is 21.1 Å². The number of aromatic nitrogens is 4. The summed E-state index contributed by atoms with van der Waals surface area (Å²) in [5, 5.41) is 21.4. The molecule has 11 rings (SSSR count). The van der Waals surface area contributed by atoms with Gasteiger partial charge in [-0.1, -0.05) is 47.8 Å². The number of amides is 1. The Balaban J connectivity index is 0.000000153. The number of anilines is 4. The minimum Gasteiger partial charge on any atom is -0.481 e. The number of rotatable bonds is 8. The van der Waals surface area contributed by atoms with E-state index in [9.17, 15) is 28.7 Å². The number of nitrogens with zero attached hydrogens (tertiary/aromatic N) is 4. The second-order valence-electron chi connectivity index (χ2n) is 15.6. The van der Waals surface area contributed by atoms with Crippen LogP contribution in [0.25, 0.3) is 20.4 Å². The van der Waals surface area contributed by atoms with Gasteiger partial charge in [-0.25, -0.2) is 24.3 Å². The van der Waals surface area contributed by atoms with E-state index in [0.29, 0.717) is 38.6 Å². The summed E-state index contributed by atoms with van der Waals surface area (Å²) < 4.78 is 13.4. The molecule has 12 nitrogen and oxygen atoms in total. The highest BCUT2D eigenvalue weighted by atomic mass is 32.2. The van der Waals surface area contributed by atoms with E-state index in [0.717, 1.165) is 98.9 Å². The van der Waals surface area contributed by atoms with Crippen LogP contribution >= 0.6 is 46.2 Å². The number of carbonyl (C=O) groups excluding carboxylic acids is 3. The van der Waals surface area contributed by atoms with Crippen molar-refractivity contribution in [2.45, 2.75) is 67.7 Å². The van der Waals surface area contributed by atoms with Gasteiger partial charge >= 0.3 is 5.97 Å². The molecule has 0 saturated heterocycles. The van der Waals surface area contributed by atoms with Crippen LogP contribution in [0.15, 0.2) is 83.1 Å². The fourth-order valence-corrected chi connectivity index (χ4v) is 12.9. The Hall–Kier alpha value is -5.75. The van der Waals surface area contributed by atoms with Crippen molar-refractivity contribution in [1.29, 1.82) is 0 Å². The third-order valence-electron chi connectivity index (χ3n) is 11.5. The molecule has 17 heteroatoms. The van der Waals surface area contributed by atoms with Crippen LogP contribution in [0.4, 0.5) is 27.4 Å². The molecule has 2 unspecified atom stereocenters. The maximum atomic E-state index is 13.4. The lowest BCUT2D eigenvalue weighted by molar-refractivity contribution is -0.142. The van der Waals surface area contributed by atoms with Crippen LogP contribution in [0.2, 0.25) is 0 Å². The standard InChI is InChI=1S/C26H21FN4O2S2.C19H15N3O3S2/c27-17-3-1-2-14(8-17)12-28-25(33)16-5-7-19-21(9-16)35-26-23(19)24(29-13-30-26)31-18-6-4-15-10-22(32)34-20(15)11-18;23-15-6-9-1-3-11(7-13(9)26-15)22-17-16-12-4-2-10(19(24)25)5-14(12)27-18(16)21-8-20-17/h1-4,6,8,11,13,16H,5,7,9-10,12H2,(H,28,33)(H,29,30,31);1,3,7-8,10H,2,4-6H2,(H,24,25)(H,20,21,22). The Morgan fingerprint density at radius 3 is 1.81 bits per heavy atom. The molecule has 2 atom stereocenters. The van der Waals surface area contributed by atoms with Crippen molar-refractivity contribution in [3.8, 4) is 0 Å². The Morgan fingerprint density at radius 1 is 0.710 bits per heavy atom. The summed E-state index contributed by atoms with van der Waals surface area (Å²) >= 11 is 5.74. The van der Waals surface area contributed by atoms with Crippen LogP contribution in [-0.2, 0) is 64.2 Å². The number of benzene rings is 3. The molecule has 1 amide bonds. The van der Waals surface area contributed by atoms with Crippen LogP contribution < -0.4 is 16.0 Å². The van der Waals surface area contributed by atoms with E-state index in [1.54, 1.807) is 41.1 Å². The molecule has 0 saturated carbocycles. The van der Waals surface area contributed by atoms with E-state index in [-0.39, 0.29) is 33.8 Å². The van der Waals surface area contributed by atoms with Gasteiger partial charge in [0.2, 0.25) is 5.91 Å². The highest BCUT2D eigenvalue weighted by Crippen LogP contribution is 2.43. The molecule has 3 aromatic carbocycles. The smallest absolute Gasteiger partial charge is 0.306 e. The molecular weight excluding hydrogens is 866 g/mol. The van der Waals surface area contributed by atoms with Crippen LogP contribution in [0.1, 0.15) is 50.4 Å². The highest BCUT2D eigenvalue weighted by Gasteiger charge is 2.31. The van der Waals surface area contributed by atoms with E-state index >= 15 is 0 Å². The molecule has 4 aliphatic rings. The predicted molar refractivity (Wildman–Crippen MR) is 240 cm³/mol. The zero-order chi connectivity index (χ0) is 42.5. The summed E-state index contributed by atoms with van der Waals surface area (Å²) in [5.41, 5.74) is 7.02. The Kier molecular flexibility index (Phi) is 11.0. The summed E-state index contributed by atoms with van der Waals surface area (Å²) in [6.07, 6.45) is 8.14. The molecule has 2 aliphatic carbocycles. The first-order valence-electron chi connectivity index (χ1n) is 20.1. The number of fused-ring (bicyclic) bond motifs is 8. The summed E-state index contributed by atoms with van der Waals surface area (Å²) in [7, 11) is 0. The largest absolute Gasteiger partial charge is 0.481 e. The van der Waals surface area contributed by atoms with Gasteiger partial charge in [-0.2, -0.15) is 0 Å². The Bertz CT molecular complexity index is 2990. The van der Waals surface area contributed by atoms with Crippen molar-refractivity contribution in [1.82, 2.24) is 25.3 Å². The molecule has 6 heterocycles. The molecule has 4 aromatic heterocycles. The third kappa shape index (κ3) is 8.17. The van der Waals surface area contributed by atoms with E-state index in [1.165, 1.54) is 53.1 Å². The fraction of sp³-hybridized carbons (Fsp3) is 0.244. The van der Waals surface area contributed by atoms with E-state index in [2.05, 4.69) is 35.9 Å². The lowest BCUT2D eigenvalue weighted by Crippen LogP contribution is -2.33. The first-order chi connectivity index (χ1) is 30.1. The summed E-state index contributed by atoms with van der Waals surface area (Å²) in [5.74, 6) is -0.000930. The van der Waals surface area contributed by atoms with Crippen LogP contribution in [0, 0.1) is 17.7 Å². The van der Waals surface area contributed by atoms with Crippen molar-refractivity contribution in [3.05, 3.63) is 117 Å². The number of carbonyl (C=O) groups is 4. The number of hydrogen-bond donors (Lipinski definition) is 4. The number of aliphatic carboxylic acids is 1. The normalized spacial score (nSPS) is 17.4. The van der Waals surface area contributed by atoms with Gasteiger partial charge in [0.25, 0.3) is 0 Å². The molecule has 62 heavy (non-hydrogen) atoms. The average Bonchev–Trinajstić information content (AvgIpc) is 4.03. The van der Waals surface area contributed by atoms with Crippen LogP contribution in [-0.4, -0.2) is 47.1 Å². The summed E-state index contributed by atoms with van der Waals surface area (Å²) in [4.78, 5) is 71.4. The monoisotopic (exact) mass is 901 g/mol. The lowest BCUT2D eigenvalue weighted by atomic mass is 9.87. The van der Waals surface area contributed by atoms with Gasteiger partial charge in [0.15, 0.2) is 10.2 Å². The summed E-state index contributed by atoms with van der Waals surface area (Å²) in [6, 6.07) is 18.2. The first kappa shape index (κ1) is 40.3. The number of halogens is 1. The van der Waals surface area contributed by atoms with E-state index in [1.807, 2.05) is 36.4 Å². The Morgan fingerprint density at radius 2 is 1.26 bits per heavy atom. The number of nitrogens with one attached hydrogen (secondary N) is 3. The van der Waals surface area contributed by atoms with Crippen LogP contribution in [0.3, 0.4) is 0 Å². The molecule has 4 N–H and O–H groups in total. The predicted octanol–water partition coefficient (Wildman–Crippen LogP) is 8.97. The number of aryl methyl sites for hydroxylation is 2. The maximum Gasteiger partial charge on any atom is 0.306 e. The second kappa shape index (κ2) is 16.8. The molecule has 2 aliphatic heterocycles. The molecule has 312 valence electrons. The van der Waals surface area contributed by atoms with Crippen molar-refractivity contribution < 1.29 is 28.7 Å². The second-order valence-corrected chi connectivity index (χ2v) is 19.9. The minimum atomic E-state index is -0.729. The third-order valence-corrected chi connectivity index (χ3v) is 15.8. The van der Waals surface area contributed by atoms with Gasteiger partial charge in [-0.05, 0) is 103 Å².